The van der Waals surface area contributed by atoms with E-state index in [9.17, 15) is 4.79 Å². The zero-order chi connectivity index (χ0) is 11.5. The van der Waals surface area contributed by atoms with Crippen LogP contribution >= 0.6 is 0 Å². The largest absolute Gasteiger partial charge is 0.464 e. The summed E-state index contributed by atoms with van der Waals surface area (Å²) >= 11 is 0. The van der Waals surface area contributed by atoms with Gasteiger partial charge in [-0.05, 0) is 19.9 Å². The van der Waals surface area contributed by atoms with Gasteiger partial charge in [-0.1, -0.05) is 0 Å². The SMILES string of the molecule is C[C@H](N[C@H]1CCOC1=O)[C@@H](C)n1cccn1. The molecule has 0 aromatic carbocycles. The lowest BCUT2D eigenvalue weighted by molar-refractivity contribution is -0.139. The van der Waals surface area contributed by atoms with Crippen LogP contribution in [0.4, 0.5) is 0 Å². The maximum absolute atomic E-state index is 11.3. The summed E-state index contributed by atoms with van der Waals surface area (Å²) in [4.78, 5) is 11.3. The second-order valence-electron chi connectivity index (χ2n) is 4.19. The van der Waals surface area contributed by atoms with E-state index in [1.807, 2.05) is 16.9 Å². The average molecular weight is 223 g/mol. The van der Waals surface area contributed by atoms with Crippen molar-refractivity contribution in [1.29, 1.82) is 0 Å². The number of nitrogens with zero attached hydrogens (tertiary/aromatic N) is 2. The molecule has 2 heterocycles. The molecule has 0 saturated carbocycles. The molecule has 1 aliphatic heterocycles. The second kappa shape index (κ2) is 4.65. The zero-order valence-corrected chi connectivity index (χ0v) is 9.59. The number of hydrogen-bond acceptors (Lipinski definition) is 4. The molecule has 88 valence electrons. The van der Waals surface area contributed by atoms with Gasteiger partial charge in [0.05, 0.1) is 12.6 Å². The quantitative estimate of drug-likeness (QED) is 0.765. The van der Waals surface area contributed by atoms with Gasteiger partial charge in [0.25, 0.3) is 0 Å². The van der Waals surface area contributed by atoms with Crippen molar-refractivity contribution in [3.05, 3.63) is 18.5 Å². The van der Waals surface area contributed by atoms with Crippen molar-refractivity contribution >= 4 is 5.97 Å². The van der Waals surface area contributed by atoms with Crippen LogP contribution in [0.1, 0.15) is 26.3 Å². The molecule has 0 aliphatic carbocycles. The van der Waals surface area contributed by atoms with Crippen LogP contribution in [0, 0.1) is 0 Å². The summed E-state index contributed by atoms with van der Waals surface area (Å²) in [6, 6.07) is 2.12. The van der Waals surface area contributed by atoms with E-state index in [0.29, 0.717) is 6.61 Å². The molecule has 1 aliphatic rings. The van der Waals surface area contributed by atoms with Crippen molar-refractivity contribution < 1.29 is 9.53 Å². The minimum atomic E-state index is -0.159. The Kier molecular flexibility index (Phi) is 3.24. The van der Waals surface area contributed by atoms with Gasteiger partial charge in [0.1, 0.15) is 6.04 Å². The maximum atomic E-state index is 11.3. The van der Waals surface area contributed by atoms with E-state index < -0.39 is 0 Å². The summed E-state index contributed by atoms with van der Waals surface area (Å²) in [6.45, 7) is 4.66. The molecule has 1 aromatic heterocycles. The number of rotatable bonds is 4. The monoisotopic (exact) mass is 223 g/mol. The number of carbonyl (C=O) groups is 1. The van der Waals surface area contributed by atoms with Crippen LogP contribution < -0.4 is 5.32 Å². The summed E-state index contributed by atoms with van der Waals surface area (Å²) in [6.07, 6.45) is 4.44. The Bertz CT molecular complexity index is 350. The minimum absolute atomic E-state index is 0.139. The third-order valence-corrected chi connectivity index (χ3v) is 3.07. The first-order valence-corrected chi connectivity index (χ1v) is 5.60. The lowest BCUT2D eigenvalue weighted by Gasteiger charge is -2.23. The van der Waals surface area contributed by atoms with Crippen LogP contribution in [0.15, 0.2) is 18.5 Å². The van der Waals surface area contributed by atoms with Gasteiger partial charge < -0.3 is 4.74 Å². The molecule has 1 aromatic rings. The molecule has 3 atom stereocenters. The van der Waals surface area contributed by atoms with Gasteiger partial charge in [-0.25, -0.2) is 0 Å². The van der Waals surface area contributed by atoms with Crippen LogP contribution in [0.25, 0.3) is 0 Å². The van der Waals surface area contributed by atoms with E-state index in [1.54, 1.807) is 6.20 Å². The lowest BCUT2D eigenvalue weighted by Crippen LogP contribution is -2.43. The minimum Gasteiger partial charge on any atom is -0.464 e. The summed E-state index contributed by atoms with van der Waals surface area (Å²) in [5.41, 5.74) is 0. The van der Waals surface area contributed by atoms with Crippen molar-refractivity contribution in [2.45, 2.75) is 38.4 Å². The molecule has 1 N–H and O–H groups in total. The number of esters is 1. The number of ether oxygens (including phenoxy) is 1. The van der Waals surface area contributed by atoms with Crippen LogP contribution in [-0.2, 0) is 9.53 Å². The highest BCUT2D eigenvalue weighted by Gasteiger charge is 2.29. The fourth-order valence-electron chi connectivity index (χ4n) is 1.85. The van der Waals surface area contributed by atoms with E-state index in [-0.39, 0.29) is 24.1 Å². The van der Waals surface area contributed by atoms with Crippen molar-refractivity contribution in [2.75, 3.05) is 6.61 Å². The van der Waals surface area contributed by atoms with E-state index in [0.717, 1.165) is 6.42 Å². The molecule has 5 heteroatoms. The van der Waals surface area contributed by atoms with Gasteiger partial charge in [0.15, 0.2) is 0 Å². The highest BCUT2D eigenvalue weighted by atomic mass is 16.5. The fourth-order valence-corrected chi connectivity index (χ4v) is 1.85. The van der Waals surface area contributed by atoms with Gasteiger partial charge in [-0.15, -0.1) is 0 Å². The highest BCUT2D eigenvalue weighted by Crippen LogP contribution is 2.13. The van der Waals surface area contributed by atoms with Crippen LogP contribution in [0.5, 0.6) is 0 Å². The van der Waals surface area contributed by atoms with Crippen LogP contribution in [0.3, 0.4) is 0 Å². The van der Waals surface area contributed by atoms with Crippen molar-refractivity contribution in [3.8, 4) is 0 Å². The normalized spacial score (nSPS) is 24.1. The zero-order valence-electron chi connectivity index (χ0n) is 9.59. The third kappa shape index (κ3) is 2.24. The Morgan fingerprint density at radius 3 is 3.00 bits per heavy atom. The van der Waals surface area contributed by atoms with Crippen LogP contribution in [-0.4, -0.2) is 34.4 Å². The van der Waals surface area contributed by atoms with Gasteiger partial charge in [0.2, 0.25) is 0 Å². The standard InChI is InChI=1S/C11H17N3O2/c1-8(9(2)14-6-3-5-12-14)13-10-4-7-16-11(10)15/h3,5-6,8-10,13H,4,7H2,1-2H3/t8-,9+,10-/m0/s1. The molecular formula is C11H17N3O2. The highest BCUT2D eigenvalue weighted by molar-refractivity contribution is 5.77. The summed E-state index contributed by atoms with van der Waals surface area (Å²) in [5, 5.41) is 7.47. The first-order chi connectivity index (χ1) is 7.68. The molecule has 0 unspecified atom stereocenters. The van der Waals surface area contributed by atoms with Crippen molar-refractivity contribution in [3.63, 3.8) is 0 Å². The number of hydrogen-bond donors (Lipinski definition) is 1. The van der Waals surface area contributed by atoms with E-state index >= 15 is 0 Å². The molecule has 16 heavy (non-hydrogen) atoms. The Morgan fingerprint density at radius 1 is 1.62 bits per heavy atom. The topological polar surface area (TPSA) is 56.1 Å². The van der Waals surface area contributed by atoms with E-state index in [2.05, 4.69) is 24.3 Å². The first kappa shape index (κ1) is 11.1. The maximum Gasteiger partial charge on any atom is 0.323 e. The Hall–Kier alpha value is -1.36. The van der Waals surface area contributed by atoms with Crippen LogP contribution in [0.2, 0.25) is 0 Å². The Balaban J connectivity index is 1.92. The molecule has 0 bridgehead atoms. The van der Waals surface area contributed by atoms with Crippen molar-refractivity contribution in [2.24, 2.45) is 0 Å². The lowest BCUT2D eigenvalue weighted by atomic mass is 10.1. The predicted molar refractivity (Wildman–Crippen MR) is 58.9 cm³/mol. The molecule has 5 nitrogen and oxygen atoms in total. The fraction of sp³-hybridized carbons (Fsp3) is 0.636. The Labute approximate surface area is 94.8 Å². The third-order valence-electron chi connectivity index (χ3n) is 3.07. The second-order valence-corrected chi connectivity index (χ2v) is 4.19. The summed E-state index contributed by atoms with van der Waals surface area (Å²) < 4.78 is 6.80. The molecule has 0 amide bonds. The van der Waals surface area contributed by atoms with E-state index in [4.69, 9.17) is 4.74 Å². The predicted octanol–water partition coefficient (Wildman–Crippen LogP) is 0.738. The Morgan fingerprint density at radius 2 is 2.44 bits per heavy atom. The molecule has 1 saturated heterocycles. The van der Waals surface area contributed by atoms with Gasteiger partial charge in [0, 0.05) is 24.9 Å². The molecule has 0 radical (unpaired) electrons. The number of nitrogens with one attached hydrogen (secondary N) is 1. The number of cyclic esters (lactones) is 1. The smallest absolute Gasteiger partial charge is 0.323 e. The number of carbonyl (C=O) groups excluding carboxylic acids is 1. The molecular weight excluding hydrogens is 206 g/mol. The first-order valence-electron chi connectivity index (χ1n) is 5.60. The van der Waals surface area contributed by atoms with Gasteiger partial charge in [-0.2, -0.15) is 5.10 Å². The molecule has 1 fully saturated rings. The average Bonchev–Trinajstić information content (AvgIpc) is 2.89. The van der Waals surface area contributed by atoms with Gasteiger partial charge >= 0.3 is 5.97 Å². The van der Waals surface area contributed by atoms with Crippen molar-refractivity contribution in [1.82, 2.24) is 15.1 Å². The summed E-state index contributed by atoms with van der Waals surface area (Å²) in [5.74, 6) is -0.139. The summed E-state index contributed by atoms with van der Waals surface area (Å²) in [7, 11) is 0. The number of aromatic nitrogens is 2. The molecule has 0 spiro atoms. The van der Waals surface area contributed by atoms with Gasteiger partial charge in [-0.3, -0.25) is 14.8 Å². The molecule has 2 rings (SSSR count). The van der Waals surface area contributed by atoms with E-state index in [1.165, 1.54) is 0 Å².